The Morgan fingerprint density at radius 2 is 2.06 bits per heavy atom. The maximum atomic E-state index is 9.43. The van der Waals surface area contributed by atoms with Crippen LogP contribution in [0.3, 0.4) is 0 Å². The zero-order valence-electron chi connectivity index (χ0n) is 10.1. The van der Waals surface area contributed by atoms with E-state index >= 15 is 0 Å². The van der Waals surface area contributed by atoms with Crippen LogP contribution < -0.4 is 0 Å². The van der Waals surface area contributed by atoms with Gasteiger partial charge in [-0.25, -0.2) is 4.98 Å². The van der Waals surface area contributed by atoms with Gasteiger partial charge in [0.1, 0.15) is 16.8 Å². The molecule has 0 spiro atoms. The normalized spacial score (nSPS) is 10.1. The molecule has 1 heterocycles. The third-order valence-corrected chi connectivity index (χ3v) is 3.43. The van der Waals surface area contributed by atoms with Crippen molar-refractivity contribution in [3.8, 4) is 11.8 Å². The van der Waals surface area contributed by atoms with Crippen molar-refractivity contribution in [3.05, 3.63) is 47.2 Å². The molecule has 0 aliphatic rings. The van der Waals surface area contributed by atoms with E-state index in [2.05, 4.69) is 11.1 Å². The summed E-state index contributed by atoms with van der Waals surface area (Å²) in [4.78, 5) is 5.25. The van der Waals surface area contributed by atoms with Gasteiger partial charge in [-0.1, -0.05) is 17.8 Å². The van der Waals surface area contributed by atoms with Crippen molar-refractivity contribution in [2.45, 2.75) is 23.8 Å². The van der Waals surface area contributed by atoms with Crippen LogP contribution in [0.2, 0.25) is 0 Å². The molecule has 4 heteroatoms. The Hall–Kier alpha value is -1.99. The lowest BCUT2D eigenvalue weighted by molar-refractivity contribution is 0.474. The number of pyridine rings is 1. The van der Waals surface area contributed by atoms with Crippen LogP contribution in [0.4, 0.5) is 0 Å². The van der Waals surface area contributed by atoms with Gasteiger partial charge in [-0.15, -0.1) is 0 Å². The van der Waals surface area contributed by atoms with E-state index in [0.29, 0.717) is 10.6 Å². The van der Waals surface area contributed by atoms with Gasteiger partial charge >= 0.3 is 0 Å². The van der Waals surface area contributed by atoms with E-state index in [1.165, 1.54) is 11.8 Å². The highest BCUT2D eigenvalue weighted by atomic mass is 32.2. The first-order valence-corrected chi connectivity index (χ1v) is 6.27. The van der Waals surface area contributed by atoms with E-state index in [-0.39, 0.29) is 5.75 Å². The summed E-state index contributed by atoms with van der Waals surface area (Å²) >= 11 is 1.39. The minimum atomic E-state index is 0.211. The number of aryl methyl sites for hydroxylation is 2. The number of aromatic nitrogens is 1. The van der Waals surface area contributed by atoms with Gasteiger partial charge in [-0.05, 0) is 43.7 Å². The summed E-state index contributed by atoms with van der Waals surface area (Å²) < 4.78 is 0. The molecule has 1 N–H and O–H groups in total. The monoisotopic (exact) mass is 256 g/mol. The maximum absolute atomic E-state index is 9.43. The maximum Gasteiger partial charge on any atom is 0.119 e. The highest BCUT2D eigenvalue weighted by Crippen LogP contribution is 2.31. The smallest absolute Gasteiger partial charge is 0.119 e. The summed E-state index contributed by atoms with van der Waals surface area (Å²) in [5, 5.41) is 19.3. The quantitative estimate of drug-likeness (QED) is 0.894. The first kappa shape index (κ1) is 12.5. The Balaban J connectivity index is 2.43. The van der Waals surface area contributed by atoms with Crippen LogP contribution in [0.25, 0.3) is 0 Å². The molecule has 0 saturated heterocycles. The molecular formula is C14H12N2OS. The molecule has 0 aliphatic carbocycles. The van der Waals surface area contributed by atoms with E-state index in [9.17, 15) is 10.4 Å². The third kappa shape index (κ3) is 2.63. The topological polar surface area (TPSA) is 56.9 Å². The molecule has 0 aliphatic heterocycles. The summed E-state index contributed by atoms with van der Waals surface area (Å²) in [6, 6.07) is 11.0. The Bertz CT molecular complexity index is 632. The number of hydrogen-bond acceptors (Lipinski definition) is 4. The lowest BCUT2D eigenvalue weighted by atomic mass is 10.1. The lowest BCUT2D eigenvalue weighted by Crippen LogP contribution is -1.93. The van der Waals surface area contributed by atoms with Crippen LogP contribution in [-0.4, -0.2) is 10.1 Å². The SMILES string of the molecule is Cc1cc(C)c(C#N)c(Sc2cccc(O)c2)n1. The number of nitrogens with zero attached hydrogens (tertiary/aromatic N) is 2. The number of aromatic hydroxyl groups is 1. The Morgan fingerprint density at radius 1 is 1.28 bits per heavy atom. The van der Waals surface area contributed by atoms with Crippen molar-refractivity contribution in [2.75, 3.05) is 0 Å². The zero-order valence-corrected chi connectivity index (χ0v) is 11.0. The van der Waals surface area contributed by atoms with Gasteiger partial charge in [0, 0.05) is 10.6 Å². The van der Waals surface area contributed by atoms with Crippen molar-refractivity contribution in [1.82, 2.24) is 4.98 Å². The summed E-state index contributed by atoms with van der Waals surface area (Å²) in [7, 11) is 0. The zero-order chi connectivity index (χ0) is 13.1. The van der Waals surface area contributed by atoms with Gasteiger partial charge in [0.2, 0.25) is 0 Å². The minimum absolute atomic E-state index is 0.211. The minimum Gasteiger partial charge on any atom is -0.508 e. The third-order valence-electron chi connectivity index (χ3n) is 2.46. The van der Waals surface area contributed by atoms with Gasteiger partial charge in [0.15, 0.2) is 0 Å². The van der Waals surface area contributed by atoms with Crippen molar-refractivity contribution in [3.63, 3.8) is 0 Å². The Kier molecular flexibility index (Phi) is 3.54. The number of rotatable bonds is 2. The molecular weight excluding hydrogens is 244 g/mol. The molecule has 90 valence electrons. The van der Waals surface area contributed by atoms with Crippen LogP contribution >= 0.6 is 11.8 Å². The summed E-state index contributed by atoms with van der Waals surface area (Å²) in [5.41, 5.74) is 2.40. The number of phenols is 1. The average Bonchev–Trinajstić information content (AvgIpc) is 2.28. The van der Waals surface area contributed by atoms with Gasteiger partial charge in [-0.3, -0.25) is 0 Å². The van der Waals surface area contributed by atoms with Crippen molar-refractivity contribution in [1.29, 1.82) is 5.26 Å². The molecule has 1 aromatic carbocycles. The fourth-order valence-corrected chi connectivity index (χ4v) is 2.72. The fraction of sp³-hybridized carbons (Fsp3) is 0.143. The highest BCUT2D eigenvalue weighted by molar-refractivity contribution is 7.99. The van der Waals surface area contributed by atoms with Crippen LogP contribution in [-0.2, 0) is 0 Å². The van der Waals surface area contributed by atoms with Crippen LogP contribution in [0.5, 0.6) is 5.75 Å². The van der Waals surface area contributed by atoms with Crippen LogP contribution in [0.1, 0.15) is 16.8 Å². The van der Waals surface area contributed by atoms with E-state index in [1.807, 2.05) is 26.0 Å². The molecule has 2 rings (SSSR count). The largest absolute Gasteiger partial charge is 0.508 e. The number of benzene rings is 1. The molecule has 1 aromatic heterocycles. The first-order chi connectivity index (χ1) is 8.60. The number of hydrogen-bond donors (Lipinski definition) is 1. The van der Waals surface area contributed by atoms with E-state index in [1.54, 1.807) is 18.2 Å². The predicted octanol–water partition coefficient (Wildman–Crippen LogP) is 3.43. The lowest BCUT2D eigenvalue weighted by Gasteiger charge is -2.07. The van der Waals surface area contributed by atoms with E-state index in [4.69, 9.17) is 0 Å². The molecule has 0 bridgehead atoms. The van der Waals surface area contributed by atoms with Crippen LogP contribution in [0.15, 0.2) is 40.3 Å². The summed E-state index contributed by atoms with van der Waals surface area (Å²) in [6.07, 6.45) is 0. The standard InChI is InChI=1S/C14H12N2OS/c1-9-6-10(2)16-14(13(9)8-15)18-12-5-3-4-11(17)7-12/h3-7,17H,1-2H3. The van der Waals surface area contributed by atoms with E-state index in [0.717, 1.165) is 16.2 Å². The summed E-state index contributed by atoms with van der Waals surface area (Å²) in [6.45, 7) is 3.81. The molecule has 18 heavy (non-hydrogen) atoms. The molecule has 0 unspecified atom stereocenters. The van der Waals surface area contributed by atoms with Gasteiger partial charge in [0.05, 0.1) is 5.56 Å². The van der Waals surface area contributed by atoms with Crippen molar-refractivity contribution < 1.29 is 5.11 Å². The number of phenolic OH excluding ortho intramolecular Hbond substituents is 1. The van der Waals surface area contributed by atoms with Gasteiger partial charge < -0.3 is 5.11 Å². The van der Waals surface area contributed by atoms with Crippen molar-refractivity contribution >= 4 is 11.8 Å². The second kappa shape index (κ2) is 5.11. The molecule has 0 fully saturated rings. The fourth-order valence-electron chi connectivity index (χ4n) is 1.67. The molecule has 2 aromatic rings. The molecule has 0 amide bonds. The molecule has 0 radical (unpaired) electrons. The summed E-state index contributed by atoms with van der Waals surface area (Å²) in [5.74, 6) is 0.211. The van der Waals surface area contributed by atoms with Crippen molar-refractivity contribution in [2.24, 2.45) is 0 Å². The Labute approximate surface area is 110 Å². The van der Waals surface area contributed by atoms with E-state index < -0.39 is 0 Å². The van der Waals surface area contributed by atoms with Gasteiger partial charge in [0.25, 0.3) is 0 Å². The predicted molar refractivity (Wildman–Crippen MR) is 70.7 cm³/mol. The second-order valence-corrected chi connectivity index (χ2v) is 5.03. The number of nitriles is 1. The first-order valence-electron chi connectivity index (χ1n) is 5.45. The van der Waals surface area contributed by atoms with Gasteiger partial charge in [-0.2, -0.15) is 5.26 Å². The molecule has 0 atom stereocenters. The Morgan fingerprint density at radius 3 is 2.72 bits per heavy atom. The second-order valence-electron chi connectivity index (χ2n) is 3.97. The molecule has 3 nitrogen and oxygen atoms in total. The highest BCUT2D eigenvalue weighted by Gasteiger charge is 2.10. The molecule has 0 saturated carbocycles. The van der Waals surface area contributed by atoms with Crippen LogP contribution in [0, 0.1) is 25.2 Å². The average molecular weight is 256 g/mol.